The van der Waals surface area contributed by atoms with Crippen molar-refractivity contribution in [2.45, 2.75) is 26.0 Å². The third-order valence-corrected chi connectivity index (χ3v) is 2.84. The van der Waals surface area contributed by atoms with Crippen molar-refractivity contribution in [1.29, 1.82) is 0 Å². The van der Waals surface area contributed by atoms with Crippen molar-refractivity contribution in [3.63, 3.8) is 0 Å². The van der Waals surface area contributed by atoms with Gasteiger partial charge in [0.15, 0.2) is 0 Å². The molecule has 0 amide bonds. The van der Waals surface area contributed by atoms with Gasteiger partial charge in [-0.3, -0.25) is 9.88 Å². The van der Waals surface area contributed by atoms with Crippen LogP contribution in [0.4, 0.5) is 0 Å². The molecule has 3 nitrogen and oxygen atoms in total. The molecule has 18 heavy (non-hydrogen) atoms. The molecule has 0 aliphatic heterocycles. The summed E-state index contributed by atoms with van der Waals surface area (Å²) in [6, 6.07) is 10.2. The van der Waals surface area contributed by atoms with Crippen LogP contribution in [0.5, 0.6) is 0 Å². The molecule has 3 heteroatoms. The third-order valence-electron chi connectivity index (χ3n) is 2.84. The smallest absolute Gasteiger partial charge is 0.0718 e. The molecule has 0 fully saturated rings. The molecule has 0 saturated heterocycles. The number of likely N-dealkylation sites (N-methyl/N-ethyl adjacent to an activating group) is 1. The van der Waals surface area contributed by atoms with Crippen molar-refractivity contribution >= 4 is 10.9 Å². The van der Waals surface area contributed by atoms with E-state index in [1.54, 1.807) is 0 Å². The van der Waals surface area contributed by atoms with E-state index in [9.17, 15) is 5.11 Å². The Morgan fingerprint density at radius 1 is 1.22 bits per heavy atom. The lowest BCUT2D eigenvalue weighted by Gasteiger charge is -2.25. The first kappa shape index (κ1) is 13.0. The molecule has 0 spiro atoms. The fourth-order valence-corrected chi connectivity index (χ4v) is 2.30. The number of rotatable bonds is 4. The van der Waals surface area contributed by atoms with Gasteiger partial charge in [-0.2, -0.15) is 0 Å². The minimum Gasteiger partial charge on any atom is -0.389 e. The van der Waals surface area contributed by atoms with Crippen molar-refractivity contribution in [1.82, 2.24) is 9.88 Å². The van der Waals surface area contributed by atoms with Crippen LogP contribution in [-0.4, -0.2) is 34.2 Å². The molecule has 0 bridgehead atoms. The fraction of sp³-hybridized carbons (Fsp3) is 0.400. The molecule has 1 aromatic heterocycles. The van der Waals surface area contributed by atoms with Gasteiger partial charge >= 0.3 is 0 Å². The van der Waals surface area contributed by atoms with Gasteiger partial charge in [0.25, 0.3) is 0 Å². The zero-order chi connectivity index (χ0) is 13.2. The summed E-state index contributed by atoms with van der Waals surface area (Å²) >= 11 is 0. The van der Waals surface area contributed by atoms with Gasteiger partial charge in [0.1, 0.15) is 0 Å². The standard InChI is InChI=1S/C15H20N2O/c1-15(2,18)11-17(3)10-12-8-9-16-14-7-5-4-6-13(12)14/h4-9,18H,10-11H2,1-3H3. The maximum absolute atomic E-state index is 9.83. The predicted octanol–water partition coefficient (Wildman–Crippen LogP) is 2.44. The highest BCUT2D eigenvalue weighted by atomic mass is 16.3. The van der Waals surface area contributed by atoms with Gasteiger partial charge in [-0.25, -0.2) is 0 Å². The van der Waals surface area contributed by atoms with Crippen molar-refractivity contribution < 1.29 is 5.11 Å². The quantitative estimate of drug-likeness (QED) is 0.897. The van der Waals surface area contributed by atoms with Crippen molar-refractivity contribution in [2.75, 3.05) is 13.6 Å². The lowest BCUT2D eigenvalue weighted by Crippen LogP contribution is -2.35. The molecule has 0 aliphatic rings. The molecule has 0 aliphatic carbocycles. The summed E-state index contributed by atoms with van der Waals surface area (Å²) < 4.78 is 0. The third kappa shape index (κ3) is 3.28. The van der Waals surface area contributed by atoms with Crippen LogP contribution < -0.4 is 0 Å². The van der Waals surface area contributed by atoms with Gasteiger partial charge in [0.2, 0.25) is 0 Å². The number of aromatic nitrogens is 1. The maximum atomic E-state index is 9.83. The maximum Gasteiger partial charge on any atom is 0.0718 e. The van der Waals surface area contributed by atoms with Crippen molar-refractivity contribution in [2.24, 2.45) is 0 Å². The zero-order valence-corrected chi connectivity index (χ0v) is 11.2. The highest BCUT2D eigenvalue weighted by molar-refractivity contribution is 5.81. The molecule has 1 aromatic carbocycles. The summed E-state index contributed by atoms with van der Waals surface area (Å²) in [6.45, 7) is 5.11. The first-order chi connectivity index (χ1) is 8.46. The zero-order valence-electron chi connectivity index (χ0n) is 11.2. The van der Waals surface area contributed by atoms with Gasteiger partial charge in [-0.15, -0.1) is 0 Å². The SMILES string of the molecule is CN(Cc1ccnc2ccccc12)CC(C)(C)O. The van der Waals surface area contributed by atoms with Gasteiger partial charge in [0, 0.05) is 24.7 Å². The van der Waals surface area contributed by atoms with Gasteiger partial charge in [-0.1, -0.05) is 18.2 Å². The first-order valence-corrected chi connectivity index (χ1v) is 6.19. The molecular weight excluding hydrogens is 224 g/mol. The number of para-hydroxylation sites is 1. The molecular formula is C15H20N2O. The van der Waals surface area contributed by atoms with E-state index in [0.29, 0.717) is 6.54 Å². The molecule has 2 aromatic rings. The minimum atomic E-state index is -0.669. The summed E-state index contributed by atoms with van der Waals surface area (Å²) in [4.78, 5) is 6.48. The molecule has 1 heterocycles. The van der Waals surface area contributed by atoms with E-state index in [4.69, 9.17) is 0 Å². The molecule has 2 rings (SSSR count). The van der Waals surface area contributed by atoms with Gasteiger partial charge < -0.3 is 5.11 Å². The second kappa shape index (κ2) is 5.04. The van der Waals surface area contributed by atoms with Crippen molar-refractivity contribution in [3.8, 4) is 0 Å². The summed E-state index contributed by atoms with van der Waals surface area (Å²) in [5.74, 6) is 0. The Labute approximate surface area is 108 Å². The van der Waals surface area contributed by atoms with E-state index in [0.717, 1.165) is 12.1 Å². The summed E-state index contributed by atoms with van der Waals surface area (Å²) in [6.07, 6.45) is 1.84. The van der Waals surface area contributed by atoms with Crippen molar-refractivity contribution in [3.05, 3.63) is 42.1 Å². The summed E-state index contributed by atoms with van der Waals surface area (Å²) in [7, 11) is 2.02. The molecule has 0 atom stereocenters. The molecule has 96 valence electrons. The average Bonchev–Trinajstić information content (AvgIpc) is 2.27. The number of fused-ring (bicyclic) bond motifs is 1. The Morgan fingerprint density at radius 3 is 2.67 bits per heavy atom. The number of benzene rings is 1. The normalized spacial score (nSPS) is 12.3. The molecule has 0 radical (unpaired) electrons. The lowest BCUT2D eigenvalue weighted by molar-refractivity contribution is 0.0426. The highest BCUT2D eigenvalue weighted by Gasteiger charge is 2.16. The Bertz CT molecular complexity index is 526. The number of aliphatic hydroxyl groups is 1. The second-order valence-corrected chi connectivity index (χ2v) is 5.47. The van der Waals surface area contributed by atoms with Crippen LogP contribution in [0.1, 0.15) is 19.4 Å². The van der Waals surface area contributed by atoms with Gasteiger partial charge in [0.05, 0.1) is 11.1 Å². The number of nitrogens with zero attached hydrogens (tertiary/aromatic N) is 2. The Balaban J connectivity index is 2.21. The van der Waals surface area contributed by atoms with Crippen LogP contribution in [-0.2, 0) is 6.54 Å². The highest BCUT2D eigenvalue weighted by Crippen LogP contribution is 2.18. The van der Waals surface area contributed by atoms with Crippen LogP contribution in [0.25, 0.3) is 10.9 Å². The van der Waals surface area contributed by atoms with E-state index in [-0.39, 0.29) is 0 Å². The van der Waals surface area contributed by atoms with E-state index >= 15 is 0 Å². The van der Waals surface area contributed by atoms with E-state index in [1.807, 2.05) is 51.4 Å². The number of hydrogen-bond acceptors (Lipinski definition) is 3. The molecule has 0 unspecified atom stereocenters. The monoisotopic (exact) mass is 244 g/mol. The van der Waals surface area contributed by atoms with Crippen LogP contribution in [0.15, 0.2) is 36.5 Å². The molecule has 0 saturated carbocycles. The van der Waals surface area contributed by atoms with E-state index < -0.39 is 5.60 Å². The summed E-state index contributed by atoms with van der Waals surface area (Å²) in [5.41, 5.74) is 1.59. The first-order valence-electron chi connectivity index (χ1n) is 6.19. The van der Waals surface area contributed by atoms with Crippen LogP contribution in [0.3, 0.4) is 0 Å². The second-order valence-electron chi connectivity index (χ2n) is 5.47. The minimum absolute atomic E-state index is 0.643. The number of hydrogen-bond donors (Lipinski definition) is 1. The molecule has 1 N–H and O–H groups in total. The van der Waals surface area contributed by atoms with Crippen LogP contribution in [0.2, 0.25) is 0 Å². The Kier molecular flexibility index (Phi) is 3.64. The predicted molar refractivity (Wildman–Crippen MR) is 74.4 cm³/mol. The Morgan fingerprint density at radius 2 is 1.94 bits per heavy atom. The largest absolute Gasteiger partial charge is 0.389 e. The number of pyridine rings is 1. The van der Waals surface area contributed by atoms with E-state index in [1.165, 1.54) is 10.9 Å². The Hall–Kier alpha value is -1.45. The topological polar surface area (TPSA) is 36.4 Å². The van der Waals surface area contributed by atoms with Crippen LogP contribution >= 0.6 is 0 Å². The average molecular weight is 244 g/mol. The summed E-state index contributed by atoms with van der Waals surface area (Å²) in [5, 5.41) is 11.0. The van der Waals surface area contributed by atoms with E-state index in [2.05, 4.69) is 16.0 Å². The fourth-order valence-electron chi connectivity index (χ4n) is 2.30. The van der Waals surface area contributed by atoms with Gasteiger partial charge in [-0.05, 0) is 38.6 Å². The van der Waals surface area contributed by atoms with Crippen LogP contribution in [0, 0.1) is 0 Å². The lowest BCUT2D eigenvalue weighted by atomic mass is 10.1.